The topological polar surface area (TPSA) is 81.9 Å². The van der Waals surface area contributed by atoms with Crippen molar-refractivity contribution >= 4 is 34.3 Å². The smallest absolute Gasteiger partial charge is 0.296 e. The summed E-state index contributed by atoms with van der Waals surface area (Å²) < 4.78 is 17.9. The Morgan fingerprint density at radius 2 is 1.86 bits per heavy atom. The predicted molar refractivity (Wildman–Crippen MR) is 143 cm³/mol. The zero-order chi connectivity index (χ0) is 25.9. The molecule has 0 aliphatic carbocycles. The zero-order valence-corrected chi connectivity index (χ0v) is 21.5. The highest BCUT2D eigenvalue weighted by atomic mass is 35.5. The van der Waals surface area contributed by atoms with Gasteiger partial charge in [-0.05, 0) is 61.4 Å². The van der Waals surface area contributed by atoms with Gasteiger partial charge in [0.1, 0.15) is 11.4 Å². The van der Waals surface area contributed by atoms with Crippen molar-refractivity contribution in [3.63, 3.8) is 0 Å². The van der Waals surface area contributed by atoms with E-state index in [2.05, 4.69) is 11.9 Å². The quantitative estimate of drug-likeness (QED) is 0.233. The Balaban J connectivity index is 1.67. The molecular weight excluding hydrogens is 492 g/mol. The van der Waals surface area contributed by atoms with Crippen LogP contribution in [0.5, 0.6) is 11.5 Å². The number of carbonyl (C=O) groups excluding carboxylic acids is 1. The molecule has 37 heavy (non-hydrogen) atoms. The number of benzene rings is 2. The third kappa shape index (κ3) is 4.67. The summed E-state index contributed by atoms with van der Waals surface area (Å²) in [5.74, 6) is 1.13. The predicted octanol–water partition coefficient (Wildman–Crippen LogP) is 6.56. The SMILES string of the molecule is CCCCCOc1ccc(C2c3c(oc4ccc(Cl)cc4c3=O)C(=O)N2c2ccccn2)cc1OCC. The Hall–Kier alpha value is -3.84. The van der Waals surface area contributed by atoms with Crippen LogP contribution in [0.2, 0.25) is 5.02 Å². The van der Waals surface area contributed by atoms with Crippen molar-refractivity contribution in [1.82, 2.24) is 4.98 Å². The van der Waals surface area contributed by atoms with Crippen LogP contribution < -0.4 is 19.8 Å². The maximum atomic E-state index is 13.8. The molecule has 0 radical (unpaired) electrons. The summed E-state index contributed by atoms with van der Waals surface area (Å²) in [5.41, 5.74) is 0.905. The van der Waals surface area contributed by atoms with E-state index in [4.69, 9.17) is 25.5 Å². The standard InChI is InChI=1S/C29H27ClN2O5/c1-3-5-8-15-36-22-12-10-18(16-23(22)35-4-2)26-25-27(33)20-17-19(30)11-13-21(20)37-28(25)29(34)32(26)24-9-6-7-14-31-24/h6-7,9-14,16-17,26H,3-5,8,15H2,1-2H3. The lowest BCUT2D eigenvalue weighted by Gasteiger charge is -2.25. The molecule has 0 saturated carbocycles. The molecule has 0 saturated heterocycles. The van der Waals surface area contributed by atoms with Crippen LogP contribution in [-0.4, -0.2) is 24.1 Å². The number of nitrogens with zero attached hydrogens (tertiary/aromatic N) is 2. The number of pyridine rings is 1. The summed E-state index contributed by atoms with van der Waals surface area (Å²) in [4.78, 5) is 33.4. The molecule has 0 spiro atoms. The molecule has 4 aromatic rings. The first-order chi connectivity index (χ1) is 18.0. The van der Waals surface area contributed by atoms with Gasteiger partial charge in [0.05, 0.1) is 30.2 Å². The number of aromatic nitrogens is 1. The Morgan fingerprint density at radius 1 is 1.00 bits per heavy atom. The lowest BCUT2D eigenvalue weighted by molar-refractivity contribution is 0.0970. The summed E-state index contributed by atoms with van der Waals surface area (Å²) in [7, 11) is 0. The molecule has 3 heterocycles. The van der Waals surface area contributed by atoms with Gasteiger partial charge in [0.15, 0.2) is 16.9 Å². The van der Waals surface area contributed by atoms with Gasteiger partial charge in [-0.3, -0.25) is 14.5 Å². The molecule has 5 rings (SSSR count). The van der Waals surface area contributed by atoms with Crippen molar-refractivity contribution in [3.8, 4) is 11.5 Å². The summed E-state index contributed by atoms with van der Waals surface area (Å²) in [5, 5.41) is 0.721. The van der Waals surface area contributed by atoms with E-state index in [0.717, 1.165) is 19.3 Å². The minimum absolute atomic E-state index is 0.00618. The van der Waals surface area contributed by atoms with Crippen LogP contribution in [0, 0.1) is 0 Å². The third-order valence-corrected chi connectivity index (χ3v) is 6.55. The van der Waals surface area contributed by atoms with Crippen molar-refractivity contribution in [2.24, 2.45) is 0 Å². The first-order valence-corrected chi connectivity index (χ1v) is 12.8. The number of hydrogen-bond donors (Lipinski definition) is 0. The molecule has 1 amide bonds. The van der Waals surface area contributed by atoms with Crippen LogP contribution in [0.1, 0.15) is 60.8 Å². The Morgan fingerprint density at radius 3 is 2.62 bits per heavy atom. The van der Waals surface area contributed by atoms with Crippen LogP contribution in [0.4, 0.5) is 5.82 Å². The molecule has 0 fully saturated rings. The van der Waals surface area contributed by atoms with Gasteiger partial charge in [-0.2, -0.15) is 0 Å². The summed E-state index contributed by atoms with van der Waals surface area (Å²) >= 11 is 6.18. The maximum Gasteiger partial charge on any atom is 0.296 e. The van der Waals surface area contributed by atoms with Gasteiger partial charge in [-0.15, -0.1) is 0 Å². The molecule has 1 aliphatic heterocycles. The zero-order valence-electron chi connectivity index (χ0n) is 20.7. The van der Waals surface area contributed by atoms with Gasteiger partial charge in [0, 0.05) is 11.2 Å². The van der Waals surface area contributed by atoms with E-state index >= 15 is 0 Å². The molecule has 190 valence electrons. The van der Waals surface area contributed by atoms with Crippen LogP contribution >= 0.6 is 11.6 Å². The number of carbonyl (C=O) groups is 1. The highest BCUT2D eigenvalue weighted by Crippen LogP contribution is 2.43. The minimum Gasteiger partial charge on any atom is -0.490 e. The molecule has 2 aromatic carbocycles. The van der Waals surface area contributed by atoms with E-state index in [1.54, 1.807) is 42.6 Å². The third-order valence-electron chi connectivity index (χ3n) is 6.32. The molecule has 1 atom stereocenters. The first-order valence-electron chi connectivity index (χ1n) is 12.4. The van der Waals surface area contributed by atoms with Gasteiger partial charge >= 0.3 is 0 Å². The fourth-order valence-corrected chi connectivity index (χ4v) is 4.78. The van der Waals surface area contributed by atoms with E-state index in [-0.39, 0.29) is 16.8 Å². The number of ether oxygens (including phenoxy) is 2. The Bertz CT molecular complexity index is 1500. The van der Waals surface area contributed by atoms with E-state index in [1.165, 1.54) is 4.90 Å². The van der Waals surface area contributed by atoms with E-state index < -0.39 is 11.9 Å². The lowest BCUT2D eigenvalue weighted by atomic mass is 9.98. The Kier molecular flexibility index (Phi) is 7.15. The number of anilines is 1. The molecule has 2 aromatic heterocycles. The number of rotatable bonds is 9. The van der Waals surface area contributed by atoms with Crippen LogP contribution in [0.15, 0.2) is 70.0 Å². The number of halogens is 1. The normalized spacial score (nSPS) is 14.7. The molecule has 8 heteroatoms. The van der Waals surface area contributed by atoms with Gasteiger partial charge in [-0.1, -0.05) is 43.5 Å². The highest BCUT2D eigenvalue weighted by Gasteiger charge is 2.44. The fraction of sp³-hybridized carbons (Fsp3) is 0.276. The van der Waals surface area contributed by atoms with Gasteiger partial charge in [-0.25, -0.2) is 4.98 Å². The van der Waals surface area contributed by atoms with Crippen LogP contribution in [0.3, 0.4) is 0 Å². The number of amides is 1. The molecular formula is C29H27ClN2O5. The van der Waals surface area contributed by atoms with Crippen molar-refractivity contribution in [2.45, 2.75) is 39.2 Å². The van der Waals surface area contributed by atoms with Crippen molar-refractivity contribution in [3.05, 3.63) is 92.9 Å². The number of fused-ring (bicyclic) bond motifs is 2. The number of hydrogen-bond acceptors (Lipinski definition) is 6. The van der Waals surface area contributed by atoms with Gasteiger partial charge in [0.25, 0.3) is 5.91 Å². The largest absolute Gasteiger partial charge is 0.490 e. The van der Waals surface area contributed by atoms with Crippen LogP contribution in [-0.2, 0) is 0 Å². The van der Waals surface area contributed by atoms with Gasteiger partial charge < -0.3 is 13.9 Å². The minimum atomic E-state index is -0.773. The average molecular weight is 519 g/mol. The van der Waals surface area contributed by atoms with Gasteiger partial charge in [0.2, 0.25) is 5.76 Å². The summed E-state index contributed by atoms with van der Waals surface area (Å²) in [6.45, 7) is 5.05. The summed E-state index contributed by atoms with van der Waals surface area (Å²) in [6, 6.07) is 14.8. The highest BCUT2D eigenvalue weighted by molar-refractivity contribution is 6.31. The molecule has 7 nitrogen and oxygen atoms in total. The van der Waals surface area contributed by atoms with Crippen molar-refractivity contribution in [2.75, 3.05) is 18.1 Å². The molecule has 1 unspecified atom stereocenters. The molecule has 0 bridgehead atoms. The second kappa shape index (κ2) is 10.6. The molecule has 1 aliphatic rings. The monoisotopic (exact) mass is 518 g/mol. The Labute approximate surface area is 219 Å². The van der Waals surface area contributed by atoms with Crippen molar-refractivity contribution < 1.29 is 18.7 Å². The lowest BCUT2D eigenvalue weighted by Crippen LogP contribution is -2.30. The first kappa shape index (κ1) is 24.8. The van der Waals surface area contributed by atoms with Crippen LogP contribution in [0.25, 0.3) is 11.0 Å². The molecule has 0 N–H and O–H groups in total. The van der Waals surface area contributed by atoms with E-state index in [9.17, 15) is 9.59 Å². The number of unbranched alkanes of at least 4 members (excludes halogenated alkanes) is 2. The van der Waals surface area contributed by atoms with E-state index in [0.29, 0.717) is 52.1 Å². The second-order valence-electron chi connectivity index (χ2n) is 8.77. The average Bonchev–Trinajstić information content (AvgIpc) is 3.21. The maximum absolute atomic E-state index is 13.8. The second-order valence-corrected chi connectivity index (χ2v) is 9.21. The van der Waals surface area contributed by atoms with Crippen molar-refractivity contribution in [1.29, 1.82) is 0 Å². The summed E-state index contributed by atoms with van der Waals surface area (Å²) in [6.07, 6.45) is 4.73. The fourth-order valence-electron chi connectivity index (χ4n) is 4.61. The van der Waals surface area contributed by atoms with E-state index in [1.807, 2.05) is 25.1 Å².